The van der Waals surface area contributed by atoms with E-state index in [-0.39, 0.29) is 5.56 Å². The highest BCUT2D eigenvalue weighted by atomic mass is 19.4. The van der Waals surface area contributed by atoms with Crippen LogP contribution in [0, 0.1) is 0 Å². The highest BCUT2D eigenvalue weighted by Gasteiger charge is 2.39. The maximum absolute atomic E-state index is 12.6. The van der Waals surface area contributed by atoms with E-state index in [9.17, 15) is 31.1 Å². The summed E-state index contributed by atoms with van der Waals surface area (Å²) in [5, 5.41) is 2.90. The zero-order valence-corrected chi connectivity index (χ0v) is 9.92. The van der Waals surface area contributed by atoms with Crippen LogP contribution in [0.15, 0.2) is 35.0 Å². The molecule has 0 spiro atoms. The molecule has 2 rings (SSSR count). The Morgan fingerprint density at radius 3 is 2.00 bits per heavy atom. The molecule has 0 radical (unpaired) electrons. The Hall–Kier alpha value is -2.32. The van der Waals surface area contributed by atoms with Crippen LogP contribution >= 0.6 is 0 Å². The molecule has 2 aromatic rings. The number of carbonyl (C=O) groups excluding carboxylic acids is 1. The highest BCUT2D eigenvalue weighted by molar-refractivity contribution is 6.08. The molecule has 1 heterocycles. The van der Waals surface area contributed by atoms with Crippen LogP contribution in [-0.2, 0) is 12.4 Å². The van der Waals surface area contributed by atoms with Crippen LogP contribution in [0.5, 0.6) is 0 Å². The summed E-state index contributed by atoms with van der Waals surface area (Å²) in [6.45, 7) is 0. The zero-order chi connectivity index (χ0) is 15.8. The fraction of sp³-hybridized carbons (Fsp3) is 0.167. The van der Waals surface area contributed by atoms with Crippen molar-refractivity contribution in [3.8, 4) is 0 Å². The molecule has 21 heavy (non-hydrogen) atoms. The van der Waals surface area contributed by atoms with Crippen LogP contribution in [0.2, 0.25) is 0 Å². The predicted molar refractivity (Wildman–Crippen MR) is 56.4 cm³/mol. The summed E-state index contributed by atoms with van der Waals surface area (Å²) in [4.78, 5) is 11.8. The van der Waals surface area contributed by atoms with E-state index >= 15 is 0 Å². The van der Waals surface area contributed by atoms with E-state index in [2.05, 4.69) is 9.68 Å². The Balaban J connectivity index is 2.36. The quantitative estimate of drug-likeness (QED) is 0.623. The predicted octanol–water partition coefficient (Wildman–Crippen LogP) is 3.94. The second kappa shape index (κ2) is 4.90. The van der Waals surface area contributed by atoms with Crippen LogP contribution in [0.1, 0.15) is 27.2 Å². The lowest BCUT2D eigenvalue weighted by molar-refractivity contribution is -0.138. The molecule has 0 aliphatic heterocycles. The van der Waals surface area contributed by atoms with Crippen molar-refractivity contribution in [2.45, 2.75) is 12.4 Å². The molecular weight excluding hydrogens is 304 g/mol. The summed E-state index contributed by atoms with van der Waals surface area (Å²) >= 11 is 0. The number of ketones is 1. The summed E-state index contributed by atoms with van der Waals surface area (Å²) in [7, 11) is 0. The molecule has 1 aromatic carbocycles. The fourth-order valence-corrected chi connectivity index (χ4v) is 1.55. The van der Waals surface area contributed by atoms with Crippen LogP contribution in [0.4, 0.5) is 26.3 Å². The topological polar surface area (TPSA) is 43.1 Å². The van der Waals surface area contributed by atoms with Crippen molar-refractivity contribution in [3.05, 3.63) is 52.9 Å². The Morgan fingerprint density at radius 2 is 1.52 bits per heavy atom. The SMILES string of the molecule is O=C(c1ccc(C(F)(F)F)cc1)c1oncc1C(F)(F)F. The van der Waals surface area contributed by atoms with Crippen LogP contribution in [0.25, 0.3) is 0 Å². The molecule has 0 aliphatic carbocycles. The molecule has 0 atom stereocenters. The molecular formula is C12H5F6NO2. The van der Waals surface area contributed by atoms with Gasteiger partial charge < -0.3 is 4.52 Å². The van der Waals surface area contributed by atoms with Gasteiger partial charge in [0.2, 0.25) is 11.5 Å². The lowest BCUT2D eigenvalue weighted by Crippen LogP contribution is -2.12. The summed E-state index contributed by atoms with van der Waals surface area (Å²) in [6.07, 6.45) is -9.13. The minimum Gasteiger partial charge on any atom is -0.352 e. The molecule has 0 amide bonds. The minimum atomic E-state index is -4.85. The summed E-state index contributed by atoms with van der Waals surface area (Å²) in [5.41, 5.74) is -2.77. The molecule has 0 saturated carbocycles. The van der Waals surface area contributed by atoms with Gasteiger partial charge in [-0.2, -0.15) is 26.3 Å². The number of hydrogen-bond acceptors (Lipinski definition) is 3. The maximum Gasteiger partial charge on any atom is 0.421 e. The van der Waals surface area contributed by atoms with Crippen LogP contribution < -0.4 is 0 Å². The third-order valence-corrected chi connectivity index (χ3v) is 2.56. The number of alkyl halides is 6. The molecule has 3 nitrogen and oxygen atoms in total. The van der Waals surface area contributed by atoms with E-state index in [1.165, 1.54) is 0 Å². The molecule has 9 heteroatoms. The standard InChI is InChI=1S/C12H5F6NO2/c13-11(14,15)7-3-1-6(2-4-7)9(20)10-8(5-19-21-10)12(16,17)18/h1-5H. The Labute approximate surface area is 113 Å². The largest absolute Gasteiger partial charge is 0.421 e. The number of nitrogens with zero attached hydrogens (tertiary/aromatic N) is 1. The average Bonchev–Trinajstić information content (AvgIpc) is 2.86. The number of rotatable bonds is 2. The van der Waals surface area contributed by atoms with Crippen molar-refractivity contribution in [1.82, 2.24) is 5.16 Å². The monoisotopic (exact) mass is 309 g/mol. The summed E-state index contributed by atoms with van der Waals surface area (Å²) in [6, 6.07) is 2.73. The van der Waals surface area contributed by atoms with E-state index in [1.807, 2.05) is 0 Å². The molecule has 0 bridgehead atoms. The van der Waals surface area contributed by atoms with Crippen LogP contribution in [0.3, 0.4) is 0 Å². The van der Waals surface area contributed by atoms with Gasteiger partial charge in [-0.05, 0) is 12.1 Å². The summed E-state index contributed by atoms with van der Waals surface area (Å²) < 4.78 is 79.1. The first-order valence-corrected chi connectivity index (χ1v) is 5.34. The number of benzene rings is 1. The minimum absolute atomic E-state index is 0.331. The van der Waals surface area contributed by atoms with Gasteiger partial charge in [0, 0.05) is 5.56 Å². The van der Waals surface area contributed by atoms with E-state index in [0.717, 1.165) is 12.1 Å². The van der Waals surface area contributed by atoms with Gasteiger partial charge in [0.05, 0.1) is 11.8 Å². The number of hydrogen-bond donors (Lipinski definition) is 0. The second-order valence-corrected chi connectivity index (χ2v) is 3.97. The molecule has 0 N–H and O–H groups in total. The Kier molecular flexibility index (Phi) is 3.52. The molecule has 0 aliphatic rings. The first-order valence-electron chi connectivity index (χ1n) is 5.34. The van der Waals surface area contributed by atoms with Crippen molar-refractivity contribution in [2.75, 3.05) is 0 Å². The van der Waals surface area contributed by atoms with E-state index in [0.29, 0.717) is 18.3 Å². The number of aromatic nitrogens is 1. The third-order valence-electron chi connectivity index (χ3n) is 2.56. The van der Waals surface area contributed by atoms with Gasteiger partial charge in [0.25, 0.3) is 0 Å². The van der Waals surface area contributed by atoms with Gasteiger partial charge >= 0.3 is 12.4 Å². The molecule has 0 fully saturated rings. The van der Waals surface area contributed by atoms with Gasteiger partial charge in [-0.15, -0.1) is 0 Å². The van der Waals surface area contributed by atoms with Crippen molar-refractivity contribution >= 4 is 5.78 Å². The lowest BCUT2D eigenvalue weighted by Gasteiger charge is -2.07. The van der Waals surface area contributed by atoms with E-state index < -0.39 is 35.0 Å². The average molecular weight is 309 g/mol. The van der Waals surface area contributed by atoms with Gasteiger partial charge in [0.15, 0.2) is 0 Å². The van der Waals surface area contributed by atoms with Crippen molar-refractivity contribution in [3.63, 3.8) is 0 Å². The normalized spacial score (nSPS) is 12.5. The number of carbonyl (C=O) groups is 1. The van der Waals surface area contributed by atoms with Crippen molar-refractivity contribution < 1.29 is 35.7 Å². The van der Waals surface area contributed by atoms with Gasteiger partial charge in [-0.25, -0.2) is 0 Å². The second-order valence-electron chi connectivity index (χ2n) is 3.97. The maximum atomic E-state index is 12.6. The van der Waals surface area contributed by atoms with Crippen molar-refractivity contribution in [1.29, 1.82) is 0 Å². The fourth-order valence-electron chi connectivity index (χ4n) is 1.55. The molecule has 0 saturated heterocycles. The highest BCUT2D eigenvalue weighted by Crippen LogP contribution is 2.33. The Bertz CT molecular complexity index is 654. The zero-order valence-electron chi connectivity index (χ0n) is 9.92. The van der Waals surface area contributed by atoms with Gasteiger partial charge in [-0.3, -0.25) is 4.79 Å². The Morgan fingerprint density at radius 1 is 0.952 bits per heavy atom. The smallest absolute Gasteiger partial charge is 0.352 e. The molecule has 1 aromatic heterocycles. The van der Waals surface area contributed by atoms with Crippen molar-refractivity contribution in [2.24, 2.45) is 0 Å². The summed E-state index contributed by atoms with van der Waals surface area (Å²) in [5.74, 6) is -2.27. The number of halogens is 6. The lowest BCUT2D eigenvalue weighted by atomic mass is 10.0. The van der Waals surface area contributed by atoms with Crippen LogP contribution in [-0.4, -0.2) is 10.9 Å². The third kappa shape index (κ3) is 3.06. The van der Waals surface area contributed by atoms with E-state index in [4.69, 9.17) is 0 Å². The molecule has 112 valence electrons. The first-order chi connectivity index (χ1) is 9.60. The van der Waals surface area contributed by atoms with Gasteiger partial charge in [-0.1, -0.05) is 17.3 Å². The first kappa shape index (κ1) is 15.1. The van der Waals surface area contributed by atoms with E-state index in [1.54, 1.807) is 0 Å². The molecule has 0 unspecified atom stereocenters. The van der Waals surface area contributed by atoms with Gasteiger partial charge in [0.1, 0.15) is 5.56 Å².